The Balaban J connectivity index is 1.46. The van der Waals surface area contributed by atoms with Crippen LogP contribution in [0.4, 0.5) is 10.3 Å². The summed E-state index contributed by atoms with van der Waals surface area (Å²) in [4.78, 5) is 38.4. The van der Waals surface area contributed by atoms with Crippen LogP contribution in [0.1, 0.15) is 55.8 Å². The van der Waals surface area contributed by atoms with Crippen LogP contribution in [-0.4, -0.2) is 61.6 Å². The van der Waals surface area contributed by atoms with Crippen molar-refractivity contribution < 1.29 is 19.1 Å². The first-order chi connectivity index (χ1) is 22.0. The number of fused-ring (bicyclic) bond motifs is 1. The van der Waals surface area contributed by atoms with Gasteiger partial charge in [0, 0.05) is 42.8 Å². The Kier molecular flexibility index (Phi) is 9.96. The number of benzene rings is 1. The molecule has 1 aromatic carbocycles. The van der Waals surface area contributed by atoms with Crippen molar-refractivity contribution in [3.8, 4) is 16.5 Å². The largest absolute Gasteiger partial charge is 0.395 e. The van der Waals surface area contributed by atoms with Gasteiger partial charge in [0.1, 0.15) is 11.6 Å². The first kappa shape index (κ1) is 32.9. The van der Waals surface area contributed by atoms with Crippen molar-refractivity contribution in [1.82, 2.24) is 24.8 Å². The Hall–Kier alpha value is -4.44. The third-order valence-corrected chi connectivity index (χ3v) is 8.90. The summed E-state index contributed by atoms with van der Waals surface area (Å²) in [6, 6.07) is 14.1. The third-order valence-electron chi connectivity index (χ3n) is 7.77. The number of nitrogens with one attached hydrogen (secondary N) is 2. The first-order valence-corrected chi connectivity index (χ1v) is 16.1. The van der Waals surface area contributed by atoms with Crippen molar-refractivity contribution >= 4 is 40.1 Å². The first-order valence-electron chi connectivity index (χ1n) is 15.3. The molecule has 46 heavy (non-hydrogen) atoms. The second-order valence-electron chi connectivity index (χ2n) is 12.6. The van der Waals surface area contributed by atoms with E-state index in [4.69, 9.17) is 4.98 Å². The lowest BCUT2D eigenvalue weighted by atomic mass is 9.93. The lowest BCUT2D eigenvalue weighted by Crippen LogP contribution is -2.39. The van der Waals surface area contributed by atoms with E-state index in [1.165, 1.54) is 23.6 Å². The van der Waals surface area contributed by atoms with E-state index in [9.17, 15) is 24.3 Å². The molecule has 1 aliphatic heterocycles. The van der Waals surface area contributed by atoms with Gasteiger partial charge in [-0.1, -0.05) is 32.9 Å². The number of carbonyl (C=O) groups excluding carboxylic acids is 2. The molecule has 1 saturated heterocycles. The number of hydrogen-bond donors (Lipinski definition) is 3. The molecule has 0 unspecified atom stereocenters. The van der Waals surface area contributed by atoms with E-state index in [0.29, 0.717) is 41.5 Å². The van der Waals surface area contributed by atoms with Crippen LogP contribution in [0.5, 0.6) is 0 Å². The molecule has 3 aromatic heterocycles. The van der Waals surface area contributed by atoms with Gasteiger partial charge in [-0.15, -0.1) is 11.3 Å². The smallest absolute Gasteiger partial charge is 0.268 e. The number of aromatic nitrogens is 3. The van der Waals surface area contributed by atoms with E-state index in [1.807, 2.05) is 50.5 Å². The Morgan fingerprint density at radius 1 is 1.24 bits per heavy atom. The summed E-state index contributed by atoms with van der Waals surface area (Å²) in [5, 5.41) is 25.4. The summed E-state index contributed by atoms with van der Waals surface area (Å²) < 4.78 is 15.6. The van der Waals surface area contributed by atoms with E-state index in [1.54, 1.807) is 29.2 Å². The quantitative estimate of drug-likeness (QED) is 0.118. The molecule has 0 aliphatic carbocycles. The fourth-order valence-corrected chi connectivity index (χ4v) is 6.39. The number of allylic oxidation sites excluding steroid dienone is 1. The lowest BCUT2D eigenvalue weighted by Gasteiger charge is -2.26. The predicted octanol–water partition coefficient (Wildman–Crippen LogP) is 5.51. The number of imidazole rings is 1. The summed E-state index contributed by atoms with van der Waals surface area (Å²) in [6.45, 7) is 9.20. The molecule has 4 heterocycles. The molecule has 1 fully saturated rings. The fraction of sp³-hybridized carbons (Fsp3) is 0.382. The number of hydrogen-bond acceptors (Lipinski definition) is 8. The second kappa shape index (κ2) is 13.9. The molecule has 2 atom stereocenters. The number of likely N-dealkylation sites (tertiary alicyclic amines) is 1. The van der Waals surface area contributed by atoms with Crippen LogP contribution in [0, 0.1) is 22.7 Å². The topological polar surface area (TPSA) is 136 Å². The summed E-state index contributed by atoms with van der Waals surface area (Å²) in [5.41, 5.74) is 2.85. The van der Waals surface area contributed by atoms with E-state index < -0.39 is 5.95 Å². The SMILES string of the molecule is C[C@@H](CO)NCc1ccc2c(c1)nc(NC(=O)c1ccc(-c3ccnc(F)c3)s1)n2C[C@H]1CCCN1C(=O)/C(C#N)=C/C(C)(C)C. The molecule has 10 nitrogen and oxygen atoms in total. The average molecular weight is 644 g/mol. The van der Waals surface area contributed by atoms with Crippen molar-refractivity contribution in [3.63, 3.8) is 0 Å². The predicted molar refractivity (Wildman–Crippen MR) is 176 cm³/mol. The Labute approximate surface area is 271 Å². The van der Waals surface area contributed by atoms with Gasteiger partial charge in [-0.3, -0.25) is 14.9 Å². The van der Waals surface area contributed by atoms with Gasteiger partial charge in [0.25, 0.3) is 11.8 Å². The standard InChI is InChI=1S/C34H38FN7O3S/c1-21(20-43)38-18-22-7-8-27-26(14-22)39-33(40-31(44)29-10-9-28(46-29)23-11-12-37-30(35)15-23)42(27)19-25-6-5-13-41(25)32(45)24(17-36)16-34(2,3)4/h7-12,14-16,21,25,38,43H,5-6,13,18-20H2,1-4H3,(H,39,40,44)/b24-16+/t21-,25+/m0/s1. The molecule has 5 rings (SSSR count). The molecule has 3 N–H and O–H groups in total. The summed E-state index contributed by atoms with van der Waals surface area (Å²) in [5.74, 6) is -0.912. The van der Waals surface area contributed by atoms with Crippen molar-refractivity contribution in [2.75, 3.05) is 18.5 Å². The van der Waals surface area contributed by atoms with Crippen molar-refractivity contribution in [2.45, 2.75) is 65.7 Å². The van der Waals surface area contributed by atoms with Gasteiger partial charge < -0.3 is 19.9 Å². The summed E-state index contributed by atoms with van der Waals surface area (Å²) >= 11 is 1.23. The third kappa shape index (κ3) is 7.67. The van der Waals surface area contributed by atoms with Gasteiger partial charge >= 0.3 is 0 Å². The van der Waals surface area contributed by atoms with Crippen LogP contribution in [0.15, 0.2) is 60.3 Å². The molecular weight excluding hydrogens is 605 g/mol. The minimum atomic E-state index is -0.596. The van der Waals surface area contributed by atoms with Gasteiger partial charge in [0.15, 0.2) is 0 Å². The maximum atomic E-state index is 13.7. The van der Waals surface area contributed by atoms with Crippen molar-refractivity contribution in [3.05, 3.63) is 76.7 Å². The molecule has 0 bridgehead atoms. The van der Waals surface area contributed by atoms with Gasteiger partial charge in [0.2, 0.25) is 11.9 Å². The van der Waals surface area contributed by atoms with E-state index in [-0.39, 0.29) is 41.5 Å². The van der Waals surface area contributed by atoms with Crippen LogP contribution < -0.4 is 10.6 Å². The Morgan fingerprint density at radius 3 is 2.76 bits per heavy atom. The molecular formula is C34H38FN7O3S. The highest BCUT2D eigenvalue weighted by atomic mass is 32.1. The number of pyridine rings is 1. The number of aliphatic hydroxyl groups is 1. The number of thiophene rings is 1. The molecule has 12 heteroatoms. The molecule has 0 saturated carbocycles. The highest BCUT2D eigenvalue weighted by Gasteiger charge is 2.32. The highest BCUT2D eigenvalue weighted by Crippen LogP contribution is 2.31. The van der Waals surface area contributed by atoms with Crippen LogP contribution in [-0.2, 0) is 17.9 Å². The fourth-order valence-electron chi connectivity index (χ4n) is 5.49. The second-order valence-corrected chi connectivity index (χ2v) is 13.7. The number of carbonyl (C=O) groups is 2. The molecule has 1 aliphatic rings. The number of aliphatic hydroxyl groups excluding tert-OH is 1. The van der Waals surface area contributed by atoms with Crippen molar-refractivity contribution in [2.24, 2.45) is 5.41 Å². The number of nitriles is 1. The summed E-state index contributed by atoms with van der Waals surface area (Å²) in [6.07, 6.45) is 4.64. The summed E-state index contributed by atoms with van der Waals surface area (Å²) in [7, 11) is 0. The van der Waals surface area contributed by atoms with Gasteiger partial charge in [-0.05, 0) is 66.6 Å². The van der Waals surface area contributed by atoms with E-state index >= 15 is 0 Å². The minimum Gasteiger partial charge on any atom is -0.395 e. The maximum absolute atomic E-state index is 13.7. The molecule has 0 spiro atoms. The zero-order valence-electron chi connectivity index (χ0n) is 26.4. The van der Waals surface area contributed by atoms with E-state index in [2.05, 4.69) is 21.7 Å². The van der Waals surface area contributed by atoms with Crippen LogP contribution in [0.25, 0.3) is 21.5 Å². The van der Waals surface area contributed by atoms with Crippen LogP contribution in [0.3, 0.4) is 0 Å². The zero-order valence-corrected chi connectivity index (χ0v) is 27.2. The molecule has 0 radical (unpaired) electrons. The highest BCUT2D eigenvalue weighted by molar-refractivity contribution is 7.17. The number of anilines is 1. The van der Waals surface area contributed by atoms with Gasteiger partial charge in [-0.25, -0.2) is 9.97 Å². The Morgan fingerprint density at radius 2 is 2.04 bits per heavy atom. The average Bonchev–Trinajstić information content (AvgIpc) is 3.77. The number of rotatable bonds is 10. The van der Waals surface area contributed by atoms with Gasteiger partial charge in [0.05, 0.1) is 28.6 Å². The zero-order chi connectivity index (χ0) is 33.0. The van der Waals surface area contributed by atoms with E-state index in [0.717, 1.165) is 28.8 Å². The maximum Gasteiger partial charge on any atom is 0.268 e. The molecule has 2 amide bonds. The number of amides is 2. The monoisotopic (exact) mass is 643 g/mol. The van der Waals surface area contributed by atoms with Crippen LogP contribution >= 0.6 is 11.3 Å². The number of halogens is 1. The lowest BCUT2D eigenvalue weighted by molar-refractivity contribution is -0.127. The normalized spacial score (nSPS) is 16.1. The Bertz CT molecular complexity index is 1820. The van der Waals surface area contributed by atoms with Gasteiger partial charge in [-0.2, -0.15) is 9.65 Å². The molecule has 240 valence electrons. The number of nitrogens with zero attached hydrogens (tertiary/aromatic N) is 5. The minimum absolute atomic E-state index is 0.0165. The molecule has 4 aromatic rings. The van der Waals surface area contributed by atoms with Crippen LogP contribution in [0.2, 0.25) is 0 Å². The van der Waals surface area contributed by atoms with Crippen molar-refractivity contribution in [1.29, 1.82) is 5.26 Å².